The van der Waals surface area contributed by atoms with E-state index in [9.17, 15) is 14.7 Å². The van der Waals surface area contributed by atoms with E-state index < -0.39 is 0 Å². The van der Waals surface area contributed by atoms with Gasteiger partial charge in [-0.15, -0.1) is 0 Å². The van der Waals surface area contributed by atoms with Gasteiger partial charge in [-0.2, -0.15) is 0 Å². The molecular formula is C12H16N2O3. The molecule has 0 heterocycles. The van der Waals surface area contributed by atoms with E-state index in [-0.39, 0.29) is 17.6 Å². The van der Waals surface area contributed by atoms with E-state index in [4.69, 9.17) is 0 Å². The standard InChI is InChI=1S/C12H16N2O3/c1-8-3-4-10(7-11(8)16)12(17)14-6-5-13-9(2)15/h3-4,7,16H,5-6H2,1-2H3,(H,13,15)(H,14,17). The molecule has 0 saturated heterocycles. The maximum atomic E-state index is 11.6. The summed E-state index contributed by atoms with van der Waals surface area (Å²) in [7, 11) is 0. The molecule has 2 amide bonds. The first kappa shape index (κ1) is 13.0. The Labute approximate surface area is 99.8 Å². The van der Waals surface area contributed by atoms with Crippen molar-refractivity contribution in [2.75, 3.05) is 13.1 Å². The Morgan fingerprint density at radius 3 is 2.47 bits per heavy atom. The van der Waals surface area contributed by atoms with Crippen LogP contribution >= 0.6 is 0 Å². The summed E-state index contributed by atoms with van der Waals surface area (Å²) in [4.78, 5) is 22.2. The second-order valence-electron chi connectivity index (χ2n) is 3.74. The van der Waals surface area contributed by atoms with Crippen LogP contribution < -0.4 is 10.6 Å². The predicted molar refractivity (Wildman–Crippen MR) is 63.9 cm³/mol. The zero-order chi connectivity index (χ0) is 12.8. The van der Waals surface area contributed by atoms with E-state index in [1.807, 2.05) is 0 Å². The van der Waals surface area contributed by atoms with Gasteiger partial charge >= 0.3 is 0 Å². The number of benzene rings is 1. The molecule has 17 heavy (non-hydrogen) atoms. The zero-order valence-corrected chi connectivity index (χ0v) is 9.91. The van der Waals surface area contributed by atoms with E-state index in [1.165, 1.54) is 13.0 Å². The monoisotopic (exact) mass is 236 g/mol. The number of carbonyl (C=O) groups is 2. The number of nitrogens with one attached hydrogen (secondary N) is 2. The second-order valence-corrected chi connectivity index (χ2v) is 3.74. The molecule has 0 radical (unpaired) electrons. The molecule has 3 N–H and O–H groups in total. The topological polar surface area (TPSA) is 78.4 Å². The molecule has 0 aliphatic heterocycles. The molecule has 0 aliphatic carbocycles. The number of carbonyl (C=O) groups excluding carboxylic acids is 2. The number of hydrogen-bond donors (Lipinski definition) is 3. The molecule has 1 rings (SSSR count). The molecule has 0 unspecified atom stereocenters. The first-order valence-corrected chi connectivity index (χ1v) is 5.33. The minimum Gasteiger partial charge on any atom is -0.508 e. The Morgan fingerprint density at radius 2 is 1.88 bits per heavy atom. The Kier molecular flexibility index (Phi) is 4.51. The molecule has 0 bridgehead atoms. The van der Waals surface area contributed by atoms with Gasteiger partial charge in [0.05, 0.1) is 0 Å². The first-order chi connectivity index (χ1) is 8.00. The maximum absolute atomic E-state index is 11.6. The van der Waals surface area contributed by atoms with Gasteiger partial charge in [-0.3, -0.25) is 9.59 Å². The Hall–Kier alpha value is -2.04. The summed E-state index contributed by atoms with van der Waals surface area (Å²) in [5.74, 6) is -0.308. The highest BCUT2D eigenvalue weighted by atomic mass is 16.3. The summed E-state index contributed by atoms with van der Waals surface area (Å²) in [5, 5.41) is 14.7. The van der Waals surface area contributed by atoms with Gasteiger partial charge in [0.2, 0.25) is 5.91 Å². The van der Waals surface area contributed by atoms with Crippen molar-refractivity contribution in [3.05, 3.63) is 29.3 Å². The first-order valence-electron chi connectivity index (χ1n) is 5.33. The second kappa shape index (κ2) is 5.89. The minimum absolute atomic E-state index is 0.0968. The van der Waals surface area contributed by atoms with Crippen LogP contribution in [0.4, 0.5) is 0 Å². The lowest BCUT2D eigenvalue weighted by Gasteiger charge is -2.06. The van der Waals surface area contributed by atoms with E-state index in [2.05, 4.69) is 10.6 Å². The third kappa shape index (κ3) is 4.14. The molecule has 0 fully saturated rings. The maximum Gasteiger partial charge on any atom is 0.251 e. The molecular weight excluding hydrogens is 220 g/mol. The summed E-state index contributed by atoms with van der Waals surface area (Å²) in [6, 6.07) is 4.74. The molecule has 0 aliphatic rings. The van der Waals surface area contributed by atoms with Gasteiger partial charge in [0.15, 0.2) is 0 Å². The Bertz CT molecular complexity index is 430. The van der Waals surface area contributed by atoms with Crippen LogP contribution in [-0.2, 0) is 4.79 Å². The minimum atomic E-state index is -0.273. The number of rotatable bonds is 4. The van der Waals surface area contributed by atoms with Crippen molar-refractivity contribution in [1.29, 1.82) is 0 Å². The van der Waals surface area contributed by atoms with Gasteiger partial charge in [0.1, 0.15) is 5.75 Å². The molecule has 1 aromatic rings. The lowest BCUT2D eigenvalue weighted by molar-refractivity contribution is -0.118. The zero-order valence-electron chi connectivity index (χ0n) is 9.91. The van der Waals surface area contributed by atoms with Crippen molar-refractivity contribution >= 4 is 11.8 Å². The van der Waals surface area contributed by atoms with Crippen molar-refractivity contribution in [2.24, 2.45) is 0 Å². The van der Waals surface area contributed by atoms with Crippen LogP contribution in [0.15, 0.2) is 18.2 Å². The number of aromatic hydroxyl groups is 1. The van der Waals surface area contributed by atoms with E-state index in [0.717, 1.165) is 5.56 Å². The third-order valence-electron chi connectivity index (χ3n) is 2.26. The van der Waals surface area contributed by atoms with Crippen LogP contribution in [0.3, 0.4) is 0 Å². The normalized spacial score (nSPS) is 9.76. The van der Waals surface area contributed by atoms with Crippen LogP contribution in [0.2, 0.25) is 0 Å². The predicted octanol–water partition coefficient (Wildman–Crippen LogP) is 0.567. The molecule has 5 nitrogen and oxygen atoms in total. The number of phenolic OH excluding ortho intramolecular Hbond substituents is 1. The van der Waals surface area contributed by atoms with Crippen molar-refractivity contribution in [3.8, 4) is 5.75 Å². The van der Waals surface area contributed by atoms with Crippen LogP contribution in [0.25, 0.3) is 0 Å². The van der Waals surface area contributed by atoms with Crippen LogP contribution in [0.5, 0.6) is 5.75 Å². The number of phenols is 1. The highest BCUT2D eigenvalue weighted by Gasteiger charge is 2.06. The quantitative estimate of drug-likeness (QED) is 0.669. The molecule has 0 aromatic heterocycles. The van der Waals surface area contributed by atoms with Crippen LogP contribution in [-0.4, -0.2) is 30.0 Å². The van der Waals surface area contributed by atoms with E-state index >= 15 is 0 Å². The Morgan fingerprint density at radius 1 is 1.24 bits per heavy atom. The molecule has 0 spiro atoms. The number of aryl methyl sites for hydroxylation is 1. The van der Waals surface area contributed by atoms with Crippen molar-refractivity contribution in [2.45, 2.75) is 13.8 Å². The molecule has 92 valence electrons. The molecule has 5 heteroatoms. The number of amides is 2. The summed E-state index contributed by atoms with van der Waals surface area (Å²) in [6.45, 7) is 3.92. The van der Waals surface area contributed by atoms with Gasteiger partial charge in [-0.1, -0.05) is 6.07 Å². The fourth-order valence-corrected chi connectivity index (χ4v) is 1.27. The van der Waals surface area contributed by atoms with Crippen molar-refractivity contribution < 1.29 is 14.7 Å². The van der Waals surface area contributed by atoms with Crippen LogP contribution in [0.1, 0.15) is 22.8 Å². The fraction of sp³-hybridized carbons (Fsp3) is 0.333. The summed E-state index contributed by atoms with van der Waals surface area (Å²) >= 11 is 0. The summed E-state index contributed by atoms with van der Waals surface area (Å²) < 4.78 is 0. The van der Waals surface area contributed by atoms with E-state index in [1.54, 1.807) is 19.1 Å². The number of hydrogen-bond acceptors (Lipinski definition) is 3. The third-order valence-corrected chi connectivity index (χ3v) is 2.26. The fourth-order valence-electron chi connectivity index (χ4n) is 1.27. The van der Waals surface area contributed by atoms with Gasteiger partial charge < -0.3 is 15.7 Å². The molecule has 1 aromatic carbocycles. The average Bonchev–Trinajstić information content (AvgIpc) is 2.27. The highest BCUT2D eigenvalue weighted by Crippen LogP contribution is 2.17. The van der Waals surface area contributed by atoms with E-state index in [0.29, 0.717) is 18.7 Å². The molecule has 0 atom stereocenters. The van der Waals surface area contributed by atoms with Gasteiger partial charge in [-0.25, -0.2) is 0 Å². The average molecular weight is 236 g/mol. The van der Waals surface area contributed by atoms with Gasteiger partial charge in [0.25, 0.3) is 5.91 Å². The summed E-state index contributed by atoms with van der Waals surface area (Å²) in [5.41, 5.74) is 1.12. The van der Waals surface area contributed by atoms with Crippen LogP contribution in [0, 0.1) is 6.92 Å². The largest absolute Gasteiger partial charge is 0.508 e. The summed E-state index contributed by atoms with van der Waals surface area (Å²) in [6.07, 6.45) is 0. The molecule has 0 saturated carbocycles. The smallest absolute Gasteiger partial charge is 0.251 e. The van der Waals surface area contributed by atoms with Gasteiger partial charge in [0, 0.05) is 25.6 Å². The lowest BCUT2D eigenvalue weighted by Crippen LogP contribution is -2.33. The Balaban J connectivity index is 2.47. The van der Waals surface area contributed by atoms with Crippen molar-refractivity contribution in [3.63, 3.8) is 0 Å². The highest BCUT2D eigenvalue weighted by molar-refractivity contribution is 5.94. The lowest BCUT2D eigenvalue weighted by atomic mass is 10.1. The SMILES string of the molecule is CC(=O)NCCNC(=O)c1ccc(C)c(O)c1. The van der Waals surface area contributed by atoms with Crippen molar-refractivity contribution in [1.82, 2.24) is 10.6 Å². The van der Waals surface area contributed by atoms with Gasteiger partial charge in [-0.05, 0) is 24.6 Å².